The summed E-state index contributed by atoms with van der Waals surface area (Å²) in [7, 11) is 0. The number of aromatic nitrogens is 4. The predicted octanol–water partition coefficient (Wildman–Crippen LogP) is 2.46. The largest absolute Gasteiger partial charge is 0.476 e. The quantitative estimate of drug-likeness (QED) is 0.618. The van der Waals surface area contributed by atoms with E-state index in [2.05, 4.69) is 15.5 Å². The fourth-order valence-corrected chi connectivity index (χ4v) is 2.64. The fourth-order valence-electron chi connectivity index (χ4n) is 2.64. The van der Waals surface area contributed by atoms with E-state index in [0.29, 0.717) is 5.69 Å². The molecule has 0 aliphatic heterocycles. The molecule has 0 unspecified atom stereocenters. The van der Waals surface area contributed by atoms with Crippen molar-refractivity contribution in [3.63, 3.8) is 0 Å². The van der Waals surface area contributed by atoms with Crippen LogP contribution in [0.25, 0.3) is 0 Å². The van der Waals surface area contributed by atoms with Crippen LogP contribution in [0.5, 0.6) is 5.75 Å². The molecule has 0 saturated heterocycles. The Morgan fingerprint density at radius 2 is 2.04 bits per heavy atom. The van der Waals surface area contributed by atoms with Crippen LogP contribution in [0.1, 0.15) is 28.0 Å². The molecule has 0 radical (unpaired) electrons. The Balaban J connectivity index is 1.48. The van der Waals surface area contributed by atoms with Crippen LogP contribution in [0.2, 0.25) is 0 Å². The number of hydrogen-bond donors (Lipinski definition) is 2. The lowest BCUT2D eigenvalue weighted by Crippen LogP contribution is -2.15. The van der Waals surface area contributed by atoms with Gasteiger partial charge >= 0.3 is 5.97 Å². The maximum Gasteiger partial charge on any atom is 0.356 e. The van der Waals surface area contributed by atoms with Gasteiger partial charge in [0, 0.05) is 19.2 Å². The normalized spacial score (nSPS) is 10.6. The van der Waals surface area contributed by atoms with E-state index in [0.717, 1.165) is 11.3 Å². The first-order valence-electron chi connectivity index (χ1n) is 8.70. The van der Waals surface area contributed by atoms with Crippen LogP contribution in [-0.2, 0) is 18.1 Å². The van der Waals surface area contributed by atoms with E-state index in [1.54, 1.807) is 17.1 Å². The van der Waals surface area contributed by atoms with Crippen molar-refractivity contribution in [2.24, 2.45) is 0 Å². The lowest BCUT2D eigenvalue weighted by molar-refractivity contribution is -0.116. The zero-order valence-electron chi connectivity index (χ0n) is 15.6. The molecular weight excluding hydrogens is 362 g/mol. The zero-order chi connectivity index (χ0) is 20.1. The van der Waals surface area contributed by atoms with Crippen molar-refractivity contribution < 1.29 is 19.4 Å². The molecule has 2 N–H and O–H groups in total. The van der Waals surface area contributed by atoms with Gasteiger partial charge in [-0.3, -0.25) is 9.48 Å². The SMILES string of the molecule is Cc1ccc(OCn2cc(NC(=O)CCn3ccc(C(=O)O)n3)cn2)c(C)c1. The van der Waals surface area contributed by atoms with Gasteiger partial charge in [0.2, 0.25) is 5.91 Å². The highest BCUT2D eigenvalue weighted by atomic mass is 16.5. The number of hydrogen-bond acceptors (Lipinski definition) is 5. The van der Waals surface area contributed by atoms with Gasteiger partial charge in [0.05, 0.1) is 18.1 Å². The lowest BCUT2D eigenvalue weighted by Gasteiger charge is -2.09. The van der Waals surface area contributed by atoms with Gasteiger partial charge in [-0.1, -0.05) is 17.7 Å². The van der Waals surface area contributed by atoms with E-state index in [9.17, 15) is 9.59 Å². The summed E-state index contributed by atoms with van der Waals surface area (Å²) in [4.78, 5) is 22.9. The molecule has 0 aliphatic carbocycles. The highest BCUT2D eigenvalue weighted by Crippen LogP contribution is 2.19. The topological polar surface area (TPSA) is 111 Å². The zero-order valence-corrected chi connectivity index (χ0v) is 15.6. The number of aryl methyl sites for hydroxylation is 3. The van der Waals surface area contributed by atoms with Crippen LogP contribution in [0.15, 0.2) is 42.9 Å². The van der Waals surface area contributed by atoms with Gasteiger partial charge in [-0.25, -0.2) is 9.48 Å². The van der Waals surface area contributed by atoms with Crippen LogP contribution in [0.3, 0.4) is 0 Å². The maximum atomic E-state index is 12.1. The molecule has 3 aromatic rings. The second-order valence-corrected chi connectivity index (χ2v) is 6.38. The first kappa shape index (κ1) is 19.2. The highest BCUT2D eigenvalue weighted by molar-refractivity contribution is 5.90. The van der Waals surface area contributed by atoms with Crippen LogP contribution in [0, 0.1) is 13.8 Å². The number of carboxylic acid groups (broad SMARTS) is 1. The summed E-state index contributed by atoms with van der Waals surface area (Å²) in [6.45, 7) is 4.51. The molecule has 0 spiro atoms. The Morgan fingerprint density at radius 3 is 2.75 bits per heavy atom. The average molecular weight is 383 g/mol. The van der Waals surface area contributed by atoms with Gasteiger partial charge in [-0.2, -0.15) is 10.2 Å². The molecule has 1 amide bonds. The summed E-state index contributed by atoms with van der Waals surface area (Å²) in [6, 6.07) is 7.33. The minimum absolute atomic E-state index is 0.0505. The Hall–Kier alpha value is -3.62. The number of carbonyl (C=O) groups excluding carboxylic acids is 1. The molecule has 9 nitrogen and oxygen atoms in total. The number of rotatable bonds is 8. The van der Waals surface area contributed by atoms with E-state index >= 15 is 0 Å². The number of amides is 1. The fraction of sp³-hybridized carbons (Fsp3) is 0.263. The molecular formula is C19H21N5O4. The number of nitrogens with zero attached hydrogens (tertiary/aromatic N) is 4. The summed E-state index contributed by atoms with van der Waals surface area (Å²) < 4.78 is 8.76. The van der Waals surface area contributed by atoms with Crippen LogP contribution < -0.4 is 10.1 Å². The second-order valence-electron chi connectivity index (χ2n) is 6.38. The molecule has 0 atom stereocenters. The molecule has 9 heteroatoms. The van der Waals surface area contributed by atoms with Gasteiger partial charge in [-0.15, -0.1) is 0 Å². The molecule has 0 saturated carbocycles. The van der Waals surface area contributed by atoms with Crippen LogP contribution >= 0.6 is 0 Å². The minimum atomic E-state index is -1.10. The first-order chi connectivity index (χ1) is 13.4. The molecule has 0 aliphatic rings. The van der Waals surface area contributed by atoms with E-state index < -0.39 is 5.97 Å². The smallest absolute Gasteiger partial charge is 0.356 e. The standard InChI is InChI=1S/C19H21N5O4/c1-13-3-4-17(14(2)9-13)28-12-24-11-15(10-20-24)21-18(25)6-8-23-7-5-16(22-23)19(26)27/h3-5,7,9-11H,6,8,12H2,1-2H3,(H,21,25)(H,26,27). The van der Waals surface area contributed by atoms with Gasteiger partial charge in [-0.05, 0) is 31.5 Å². The second kappa shape index (κ2) is 8.38. The van der Waals surface area contributed by atoms with Crippen molar-refractivity contribution in [3.05, 3.63) is 59.7 Å². The van der Waals surface area contributed by atoms with Crippen LogP contribution in [-0.4, -0.2) is 36.5 Å². The minimum Gasteiger partial charge on any atom is -0.476 e. The Bertz CT molecular complexity index is 992. The molecule has 1 aromatic carbocycles. The number of aromatic carboxylic acids is 1. The summed E-state index contributed by atoms with van der Waals surface area (Å²) in [5.41, 5.74) is 2.72. The third-order valence-electron chi connectivity index (χ3n) is 4.03. The number of carboxylic acids is 1. The monoisotopic (exact) mass is 383 g/mol. The van der Waals surface area contributed by atoms with Crippen molar-refractivity contribution in [3.8, 4) is 5.75 Å². The molecule has 28 heavy (non-hydrogen) atoms. The van der Waals surface area contributed by atoms with Crippen molar-refractivity contribution in [2.45, 2.75) is 33.5 Å². The van der Waals surface area contributed by atoms with Crippen molar-refractivity contribution in [1.29, 1.82) is 0 Å². The van der Waals surface area contributed by atoms with Crippen molar-refractivity contribution in [1.82, 2.24) is 19.6 Å². The molecule has 146 valence electrons. The number of carbonyl (C=O) groups is 2. The van der Waals surface area contributed by atoms with Gasteiger partial charge in [0.1, 0.15) is 5.75 Å². The van der Waals surface area contributed by atoms with E-state index in [-0.39, 0.29) is 31.3 Å². The summed E-state index contributed by atoms with van der Waals surface area (Å²) in [6.07, 6.45) is 4.90. The molecule has 0 bridgehead atoms. The summed E-state index contributed by atoms with van der Waals surface area (Å²) in [5, 5.41) is 19.6. The molecule has 3 rings (SSSR count). The predicted molar refractivity (Wildman–Crippen MR) is 101 cm³/mol. The van der Waals surface area contributed by atoms with Gasteiger partial charge in [0.15, 0.2) is 12.4 Å². The highest BCUT2D eigenvalue weighted by Gasteiger charge is 2.09. The third kappa shape index (κ3) is 4.97. The first-order valence-corrected chi connectivity index (χ1v) is 8.70. The average Bonchev–Trinajstić information content (AvgIpc) is 3.29. The number of ether oxygens (including phenoxy) is 1. The van der Waals surface area contributed by atoms with Gasteiger partial charge < -0.3 is 15.2 Å². The van der Waals surface area contributed by atoms with E-state index in [4.69, 9.17) is 9.84 Å². The summed E-state index contributed by atoms with van der Waals surface area (Å²) in [5.74, 6) is -0.535. The van der Waals surface area contributed by atoms with E-state index in [1.165, 1.54) is 22.5 Å². The van der Waals surface area contributed by atoms with Gasteiger partial charge in [0.25, 0.3) is 0 Å². The molecule has 2 aromatic heterocycles. The maximum absolute atomic E-state index is 12.1. The van der Waals surface area contributed by atoms with Crippen molar-refractivity contribution >= 4 is 17.6 Å². The number of anilines is 1. The molecule has 0 fully saturated rings. The van der Waals surface area contributed by atoms with Crippen molar-refractivity contribution in [2.75, 3.05) is 5.32 Å². The van der Waals surface area contributed by atoms with Crippen LogP contribution in [0.4, 0.5) is 5.69 Å². The lowest BCUT2D eigenvalue weighted by atomic mass is 10.1. The third-order valence-corrected chi connectivity index (χ3v) is 4.03. The number of benzene rings is 1. The summed E-state index contributed by atoms with van der Waals surface area (Å²) >= 11 is 0. The Kier molecular flexibility index (Phi) is 5.73. The van der Waals surface area contributed by atoms with E-state index in [1.807, 2.05) is 32.0 Å². The number of nitrogens with one attached hydrogen (secondary N) is 1. The molecule has 2 heterocycles. The Labute approximate surface area is 161 Å². The Morgan fingerprint density at radius 1 is 1.21 bits per heavy atom.